The van der Waals surface area contributed by atoms with Crippen LogP contribution in [0.5, 0.6) is 0 Å². The Labute approximate surface area is 74.1 Å². The number of carboxylic acids is 1. The van der Waals surface area contributed by atoms with E-state index in [4.69, 9.17) is 5.11 Å². The van der Waals surface area contributed by atoms with E-state index in [1.165, 1.54) is 6.42 Å². The van der Waals surface area contributed by atoms with Crippen LogP contribution in [0, 0.1) is 5.92 Å². The van der Waals surface area contributed by atoms with Crippen LogP contribution in [-0.4, -0.2) is 30.9 Å². The van der Waals surface area contributed by atoms with Crippen LogP contribution in [0.2, 0.25) is 0 Å². The second-order valence-electron chi connectivity index (χ2n) is 2.67. The third-order valence-electron chi connectivity index (χ3n) is 1.95. The van der Waals surface area contributed by atoms with Gasteiger partial charge in [0.2, 0.25) is 0 Å². The monoisotopic (exact) mass is 200 g/mol. The Bertz CT molecular complexity index is 108. The predicted molar refractivity (Wildman–Crippen MR) is 44.1 cm³/mol. The van der Waals surface area contributed by atoms with Gasteiger partial charge in [0.15, 0.2) is 0 Å². The molecule has 0 bridgehead atoms. The summed E-state index contributed by atoms with van der Waals surface area (Å²) in [4.78, 5) is 10.4. The van der Waals surface area contributed by atoms with Crippen molar-refractivity contribution in [3.63, 3.8) is 0 Å². The summed E-state index contributed by atoms with van der Waals surface area (Å²) in [5, 5.41) is 8.54. The first-order valence-electron chi connectivity index (χ1n) is 3.53. The van der Waals surface area contributed by atoms with Gasteiger partial charge in [-0.2, -0.15) is 0 Å². The van der Waals surface area contributed by atoms with Gasteiger partial charge in [-0.15, -0.1) is 0 Å². The van der Waals surface area contributed by atoms with E-state index in [-0.39, 0.29) is 25.7 Å². The molecule has 1 aliphatic rings. The fraction of sp³-hybridized carbons (Fsp3) is 0.857. The quantitative estimate of drug-likeness (QED) is 0.626. The van der Waals surface area contributed by atoms with Crippen molar-refractivity contribution in [2.45, 2.75) is 32.1 Å². The van der Waals surface area contributed by atoms with Crippen LogP contribution >= 0.6 is 0 Å². The molecule has 3 heteroatoms. The topological polar surface area (TPSA) is 37.3 Å². The molecule has 0 aromatic rings. The summed E-state index contributed by atoms with van der Waals surface area (Å²) in [5.41, 5.74) is 0. The van der Waals surface area contributed by atoms with E-state index in [1.54, 1.807) is 0 Å². The molecule has 10 heavy (non-hydrogen) atoms. The molecule has 1 N–H and O–H groups in total. The minimum atomic E-state index is -0.602. The molecular formula is C7H15GaO2. The van der Waals surface area contributed by atoms with Crippen LogP contribution in [0.25, 0.3) is 0 Å². The zero-order chi connectivity index (χ0) is 6.69. The van der Waals surface area contributed by atoms with E-state index in [0.29, 0.717) is 0 Å². The summed E-state index contributed by atoms with van der Waals surface area (Å²) in [7, 11) is 0. The van der Waals surface area contributed by atoms with Gasteiger partial charge in [0.1, 0.15) is 0 Å². The van der Waals surface area contributed by atoms with Gasteiger partial charge < -0.3 is 5.11 Å². The Hall–Kier alpha value is 0.106. The third-order valence-corrected chi connectivity index (χ3v) is 1.95. The maximum atomic E-state index is 10.4. The molecule has 0 radical (unpaired) electrons. The van der Waals surface area contributed by atoms with Crippen molar-refractivity contribution in [1.82, 2.24) is 0 Å². The van der Waals surface area contributed by atoms with Crippen LogP contribution in [0.3, 0.4) is 0 Å². The summed E-state index contributed by atoms with van der Waals surface area (Å²) in [6.07, 6.45) is 5.24. The summed E-state index contributed by atoms with van der Waals surface area (Å²) >= 11 is 0. The summed E-state index contributed by atoms with van der Waals surface area (Å²) in [6.45, 7) is 0. The third kappa shape index (κ3) is 2.79. The fourth-order valence-electron chi connectivity index (χ4n) is 1.35. The van der Waals surface area contributed by atoms with Gasteiger partial charge in [-0.05, 0) is 12.8 Å². The van der Waals surface area contributed by atoms with Gasteiger partial charge >= 0.3 is 25.8 Å². The van der Waals surface area contributed by atoms with Crippen LogP contribution < -0.4 is 0 Å². The normalized spacial score (nSPS) is 19.6. The maximum absolute atomic E-state index is 10.4. The Balaban J connectivity index is 0.000000810. The van der Waals surface area contributed by atoms with E-state index in [9.17, 15) is 4.79 Å². The van der Waals surface area contributed by atoms with Crippen LogP contribution in [-0.2, 0) is 4.79 Å². The number of carboxylic acid groups (broad SMARTS) is 1. The molecule has 0 heterocycles. The number of hydrogen-bond donors (Lipinski definition) is 1. The first kappa shape index (κ1) is 10.1. The second kappa shape index (κ2) is 4.85. The Morgan fingerprint density at radius 2 is 1.70 bits per heavy atom. The first-order chi connectivity index (χ1) is 4.30. The number of rotatable bonds is 1. The van der Waals surface area contributed by atoms with E-state index in [2.05, 4.69) is 0 Å². The Kier molecular flexibility index (Phi) is 4.90. The molecule has 1 rings (SSSR count). The molecule has 0 saturated heterocycles. The molecule has 0 atom stereocenters. The molecule has 1 saturated carbocycles. The number of aliphatic carboxylic acids is 1. The number of hydrogen-bond acceptors (Lipinski definition) is 1. The van der Waals surface area contributed by atoms with Gasteiger partial charge in [0.05, 0.1) is 5.92 Å². The molecule has 0 spiro atoms. The molecule has 0 unspecified atom stereocenters. The van der Waals surface area contributed by atoms with E-state index >= 15 is 0 Å². The average Bonchev–Trinajstić information content (AvgIpc) is 1.90. The van der Waals surface area contributed by atoms with Crippen molar-refractivity contribution in [3.05, 3.63) is 0 Å². The molecule has 1 aliphatic carbocycles. The SMILES string of the molecule is O=C(O)C1CCCCC1.[GaH3]. The van der Waals surface area contributed by atoms with Crippen molar-refractivity contribution in [2.75, 3.05) is 0 Å². The standard InChI is InChI=1S/C7H12O2.Ga.3H/c8-7(9)6-4-2-1-3-5-6;;;;/h6H,1-5H2,(H,8,9);;;;. The minimum absolute atomic E-state index is 0. The van der Waals surface area contributed by atoms with Crippen molar-refractivity contribution < 1.29 is 9.90 Å². The van der Waals surface area contributed by atoms with Crippen molar-refractivity contribution in [1.29, 1.82) is 0 Å². The predicted octanol–water partition coefficient (Wildman–Crippen LogP) is 0.467. The van der Waals surface area contributed by atoms with Crippen molar-refractivity contribution >= 4 is 25.8 Å². The van der Waals surface area contributed by atoms with Crippen molar-refractivity contribution in [2.24, 2.45) is 5.92 Å². The van der Waals surface area contributed by atoms with E-state index in [1.807, 2.05) is 0 Å². The van der Waals surface area contributed by atoms with Gasteiger partial charge in [-0.1, -0.05) is 19.3 Å². The molecule has 0 aliphatic heterocycles. The molecule has 0 aromatic carbocycles. The Morgan fingerprint density at radius 1 is 1.20 bits per heavy atom. The summed E-state index contributed by atoms with van der Waals surface area (Å²) in [5.74, 6) is -0.631. The molecular weight excluding hydrogens is 186 g/mol. The van der Waals surface area contributed by atoms with Gasteiger partial charge in [0.25, 0.3) is 0 Å². The fourth-order valence-corrected chi connectivity index (χ4v) is 1.35. The van der Waals surface area contributed by atoms with Crippen LogP contribution in [0.4, 0.5) is 0 Å². The van der Waals surface area contributed by atoms with Gasteiger partial charge in [-0.25, -0.2) is 0 Å². The average molecular weight is 201 g/mol. The van der Waals surface area contributed by atoms with E-state index < -0.39 is 5.97 Å². The summed E-state index contributed by atoms with van der Waals surface area (Å²) < 4.78 is 0. The number of carbonyl (C=O) groups is 1. The molecule has 0 amide bonds. The van der Waals surface area contributed by atoms with Crippen LogP contribution in [0.1, 0.15) is 32.1 Å². The summed E-state index contributed by atoms with van der Waals surface area (Å²) in [6, 6.07) is 0. The van der Waals surface area contributed by atoms with Gasteiger partial charge in [-0.3, -0.25) is 4.79 Å². The molecule has 2 nitrogen and oxygen atoms in total. The van der Waals surface area contributed by atoms with E-state index in [0.717, 1.165) is 25.7 Å². The van der Waals surface area contributed by atoms with Crippen molar-refractivity contribution in [3.8, 4) is 0 Å². The van der Waals surface area contributed by atoms with Crippen LogP contribution in [0.15, 0.2) is 0 Å². The zero-order valence-electron chi connectivity index (χ0n) is 5.47. The Morgan fingerprint density at radius 3 is 2.00 bits per heavy atom. The molecule has 1 fully saturated rings. The van der Waals surface area contributed by atoms with Gasteiger partial charge in [0, 0.05) is 0 Å². The zero-order valence-corrected chi connectivity index (χ0v) is 5.47. The second-order valence-corrected chi connectivity index (χ2v) is 2.67. The molecule has 0 aromatic heterocycles. The first-order valence-corrected chi connectivity index (χ1v) is 3.53. The molecule has 58 valence electrons.